The zero-order chi connectivity index (χ0) is 12.3. The number of imidazole rings is 1. The van der Waals surface area contributed by atoms with Gasteiger partial charge in [0, 0.05) is 17.6 Å². The molecule has 2 rings (SSSR count). The molecular formula is C12H16BrN3S. The summed E-state index contributed by atoms with van der Waals surface area (Å²) < 4.78 is 3.34. The highest BCUT2D eigenvalue weighted by atomic mass is 79.9. The summed E-state index contributed by atoms with van der Waals surface area (Å²) in [7, 11) is 0. The molecule has 2 aromatic heterocycles. The summed E-state index contributed by atoms with van der Waals surface area (Å²) >= 11 is 5.25. The number of halogens is 1. The quantitative estimate of drug-likeness (QED) is 0.907. The third kappa shape index (κ3) is 3.33. The third-order valence-corrected chi connectivity index (χ3v) is 3.99. The van der Waals surface area contributed by atoms with Crippen LogP contribution in [-0.2, 0) is 6.54 Å². The van der Waals surface area contributed by atoms with Gasteiger partial charge in [-0.3, -0.25) is 0 Å². The van der Waals surface area contributed by atoms with Gasteiger partial charge in [0.05, 0.1) is 16.0 Å². The van der Waals surface area contributed by atoms with Gasteiger partial charge in [-0.05, 0) is 41.4 Å². The topological polar surface area (TPSA) is 29.9 Å². The molecule has 92 valence electrons. The lowest BCUT2D eigenvalue weighted by atomic mass is 10.4. The summed E-state index contributed by atoms with van der Waals surface area (Å²) in [6, 6.07) is 4.23. The fraction of sp³-hybridized carbons (Fsp3) is 0.417. The zero-order valence-electron chi connectivity index (χ0n) is 10.0. The molecule has 0 bridgehead atoms. The van der Waals surface area contributed by atoms with Crippen LogP contribution in [0.1, 0.15) is 23.9 Å². The minimum absolute atomic E-state index is 0.878. The number of nitrogens with one attached hydrogen (secondary N) is 1. The monoisotopic (exact) mass is 313 g/mol. The second-order valence-electron chi connectivity index (χ2n) is 3.97. The van der Waals surface area contributed by atoms with Gasteiger partial charge in [-0.1, -0.05) is 6.92 Å². The van der Waals surface area contributed by atoms with E-state index in [1.807, 2.05) is 6.92 Å². The number of hydrogen-bond donors (Lipinski definition) is 1. The highest BCUT2D eigenvalue weighted by Crippen LogP contribution is 2.24. The molecule has 0 radical (unpaired) electrons. The summed E-state index contributed by atoms with van der Waals surface area (Å²) in [6.45, 7) is 6.02. The number of rotatable bonds is 5. The Morgan fingerprint density at radius 1 is 1.47 bits per heavy atom. The van der Waals surface area contributed by atoms with E-state index in [2.05, 4.69) is 56.1 Å². The van der Waals surface area contributed by atoms with Crippen LogP contribution < -0.4 is 5.32 Å². The first-order valence-electron chi connectivity index (χ1n) is 5.71. The van der Waals surface area contributed by atoms with Crippen molar-refractivity contribution in [3.8, 4) is 0 Å². The average molecular weight is 314 g/mol. The van der Waals surface area contributed by atoms with Crippen molar-refractivity contribution < 1.29 is 0 Å². The van der Waals surface area contributed by atoms with E-state index in [-0.39, 0.29) is 0 Å². The Kier molecular flexibility index (Phi) is 4.23. The van der Waals surface area contributed by atoms with Gasteiger partial charge in [0.15, 0.2) is 0 Å². The number of aryl methyl sites for hydroxylation is 1. The van der Waals surface area contributed by atoms with Gasteiger partial charge < -0.3 is 9.88 Å². The Balaban J connectivity index is 2.14. The normalized spacial score (nSPS) is 10.8. The molecule has 0 spiro atoms. The Labute approximate surface area is 114 Å². The lowest BCUT2D eigenvalue weighted by Gasteiger charge is -2.07. The summed E-state index contributed by atoms with van der Waals surface area (Å²) in [5.74, 6) is 0.967. The first-order chi connectivity index (χ1) is 8.19. The molecule has 0 fully saturated rings. The van der Waals surface area contributed by atoms with Crippen molar-refractivity contribution in [2.75, 3.05) is 11.9 Å². The number of thiophene rings is 1. The molecule has 0 unspecified atom stereocenters. The van der Waals surface area contributed by atoms with Crippen molar-refractivity contribution in [2.45, 2.75) is 26.8 Å². The van der Waals surface area contributed by atoms with Crippen LogP contribution in [0.3, 0.4) is 0 Å². The number of aromatic nitrogens is 2. The standard InChI is InChI=1S/C12H16BrN3S/c1-3-6-14-12-15-9(2)7-16(12)8-10-4-5-11(13)17-10/h4-5,7H,3,6,8H2,1-2H3,(H,14,15). The molecule has 0 atom stereocenters. The van der Waals surface area contributed by atoms with Crippen LogP contribution in [0.4, 0.5) is 5.95 Å². The second-order valence-corrected chi connectivity index (χ2v) is 6.51. The largest absolute Gasteiger partial charge is 0.356 e. The molecule has 2 heterocycles. The van der Waals surface area contributed by atoms with E-state index >= 15 is 0 Å². The lowest BCUT2D eigenvalue weighted by Crippen LogP contribution is -2.08. The van der Waals surface area contributed by atoms with Gasteiger partial charge in [0.2, 0.25) is 5.95 Å². The molecule has 0 amide bonds. The van der Waals surface area contributed by atoms with Crippen molar-refractivity contribution in [1.29, 1.82) is 0 Å². The minimum Gasteiger partial charge on any atom is -0.356 e. The van der Waals surface area contributed by atoms with E-state index in [1.54, 1.807) is 11.3 Å². The van der Waals surface area contributed by atoms with Crippen LogP contribution >= 0.6 is 27.3 Å². The van der Waals surface area contributed by atoms with E-state index in [0.717, 1.165) is 31.2 Å². The fourth-order valence-electron chi connectivity index (χ4n) is 1.65. The molecule has 0 saturated carbocycles. The van der Waals surface area contributed by atoms with Crippen LogP contribution in [0, 0.1) is 6.92 Å². The molecule has 0 aromatic carbocycles. The SMILES string of the molecule is CCCNc1nc(C)cn1Cc1ccc(Br)s1. The van der Waals surface area contributed by atoms with Crippen LogP contribution in [0.15, 0.2) is 22.1 Å². The Hall–Kier alpha value is -0.810. The maximum absolute atomic E-state index is 4.50. The van der Waals surface area contributed by atoms with Crippen molar-refractivity contribution in [2.24, 2.45) is 0 Å². The van der Waals surface area contributed by atoms with Gasteiger partial charge in [0.1, 0.15) is 0 Å². The van der Waals surface area contributed by atoms with E-state index < -0.39 is 0 Å². The van der Waals surface area contributed by atoms with E-state index in [9.17, 15) is 0 Å². The molecule has 5 heteroatoms. The Bertz CT molecular complexity index is 490. The second kappa shape index (κ2) is 5.69. The van der Waals surface area contributed by atoms with Crippen LogP contribution in [0.25, 0.3) is 0 Å². The van der Waals surface area contributed by atoms with Crippen molar-refractivity contribution in [3.05, 3.63) is 32.7 Å². The molecule has 0 aliphatic heterocycles. The number of nitrogens with zero attached hydrogens (tertiary/aromatic N) is 2. The predicted molar refractivity (Wildman–Crippen MR) is 76.9 cm³/mol. The maximum atomic E-state index is 4.50. The first kappa shape index (κ1) is 12.6. The molecule has 1 N–H and O–H groups in total. The molecular weight excluding hydrogens is 298 g/mol. The van der Waals surface area contributed by atoms with Crippen LogP contribution in [0.2, 0.25) is 0 Å². The Morgan fingerprint density at radius 3 is 2.94 bits per heavy atom. The zero-order valence-corrected chi connectivity index (χ0v) is 12.4. The van der Waals surface area contributed by atoms with Gasteiger partial charge in [0.25, 0.3) is 0 Å². The molecule has 17 heavy (non-hydrogen) atoms. The fourth-order valence-corrected chi connectivity index (χ4v) is 3.13. The number of anilines is 1. The van der Waals surface area contributed by atoms with Gasteiger partial charge >= 0.3 is 0 Å². The predicted octanol–water partition coefficient (Wildman–Crippen LogP) is 3.89. The van der Waals surface area contributed by atoms with Crippen LogP contribution in [0.5, 0.6) is 0 Å². The maximum Gasteiger partial charge on any atom is 0.203 e. The molecule has 0 saturated heterocycles. The van der Waals surface area contributed by atoms with E-state index in [4.69, 9.17) is 0 Å². The molecule has 0 aliphatic carbocycles. The summed E-state index contributed by atoms with van der Waals surface area (Å²) in [6.07, 6.45) is 3.20. The van der Waals surface area contributed by atoms with Crippen LogP contribution in [-0.4, -0.2) is 16.1 Å². The van der Waals surface area contributed by atoms with Crippen molar-refractivity contribution in [3.63, 3.8) is 0 Å². The molecule has 2 aromatic rings. The first-order valence-corrected chi connectivity index (χ1v) is 7.32. The van der Waals surface area contributed by atoms with Crippen molar-refractivity contribution in [1.82, 2.24) is 9.55 Å². The highest BCUT2D eigenvalue weighted by Gasteiger charge is 2.06. The average Bonchev–Trinajstić information content (AvgIpc) is 2.83. The minimum atomic E-state index is 0.878. The number of hydrogen-bond acceptors (Lipinski definition) is 3. The molecule has 0 aliphatic rings. The summed E-state index contributed by atoms with van der Waals surface area (Å²) in [5.41, 5.74) is 1.05. The van der Waals surface area contributed by atoms with Gasteiger partial charge in [-0.25, -0.2) is 4.98 Å². The summed E-state index contributed by atoms with van der Waals surface area (Å²) in [4.78, 5) is 5.82. The third-order valence-electron chi connectivity index (χ3n) is 2.39. The van der Waals surface area contributed by atoms with Gasteiger partial charge in [-0.15, -0.1) is 11.3 Å². The van der Waals surface area contributed by atoms with Crippen molar-refractivity contribution >= 4 is 33.2 Å². The highest BCUT2D eigenvalue weighted by molar-refractivity contribution is 9.11. The van der Waals surface area contributed by atoms with E-state index in [1.165, 1.54) is 8.66 Å². The van der Waals surface area contributed by atoms with E-state index in [0.29, 0.717) is 0 Å². The smallest absolute Gasteiger partial charge is 0.203 e. The summed E-state index contributed by atoms with van der Waals surface area (Å²) in [5, 5.41) is 3.36. The Morgan fingerprint density at radius 2 is 2.29 bits per heavy atom. The molecule has 3 nitrogen and oxygen atoms in total. The lowest BCUT2D eigenvalue weighted by molar-refractivity contribution is 0.803. The van der Waals surface area contributed by atoms with Gasteiger partial charge in [-0.2, -0.15) is 0 Å².